The molecule has 1 heterocycles. The summed E-state index contributed by atoms with van der Waals surface area (Å²) in [7, 11) is -0.299. The Bertz CT molecular complexity index is 1340. The van der Waals surface area contributed by atoms with Crippen LogP contribution in [0.2, 0.25) is 0 Å². The molecule has 3 aromatic rings. The van der Waals surface area contributed by atoms with Gasteiger partial charge in [-0.25, -0.2) is 13.4 Å². The average Bonchev–Trinajstić information content (AvgIpc) is 3.28. The fraction of sp³-hybridized carbons (Fsp3) is 0.200. The predicted molar refractivity (Wildman–Crippen MR) is 131 cm³/mol. The number of nitrogens with zero attached hydrogens (tertiary/aromatic N) is 2. The van der Waals surface area contributed by atoms with E-state index in [1.54, 1.807) is 62.8 Å². The molecule has 4 rings (SSSR count). The number of rotatable bonds is 7. The van der Waals surface area contributed by atoms with Crippen molar-refractivity contribution >= 4 is 27.3 Å². The Morgan fingerprint density at radius 3 is 2.38 bits per heavy atom. The topological polar surface area (TPSA) is 97.3 Å². The summed E-state index contributed by atoms with van der Waals surface area (Å²) >= 11 is 0. The van der Waals surface area contributed by atoms with E-state index in [1.165, 1.54) is 5.01 Å². The summed E-state index contributed by atoms with van der Waals surface area (Å²) < 4.78 is 36.6. The molecule has 1 N–H and O–H groups in total. The second kappa shape index (κ2) is 9.56. The number of carbonyl (C=O) groups is 1. The third kappa shape index (κ3) is 5.04. The van der Waals surface area contributed by atoms with Gasteiger partial charge in [0.2, 0.25) is 10.0 Å². The highest BCUT2D eigenvalue weighted by atomic mass is 32.2. The maximum atomic E-state index is 13.4. The zero-order valence-electron chi connectivity index (χ0n) is 19.1. The standard InChI is InChI=1S/C25H25N3O5S/c1-32-23-13-12-19(15-24(23)33-2)22-16-21(18-10-7-11-20(14-18)27-34(3,30)31)26-28(22)25(29)17-8-5-4-6-9-17/h4-15,22,27H,16H2,1-3H3. The van der Waals surface area contributed by atoms with Gasteiger partial charge in [0.15, 0.2) is 11.5 Å². The van der Waals surface area contributed by atoms with E-state index in [-0.39, 0.29) is 11.9 Å². The summed E-state index contributed by atoms with van der Waals surface area (Å²) in [6.45, 7) is 0. The van der Waals surface area contributed by atoms with Crippen LogP contribution in [-0.2, 0) is 10.0 Å². The van der Waals surface area contributed by atoms with Crippen LogP contribution >= 0.6 is 0 Å². The Hall–Kier alpha value is -3.85. The van der Waals surface area contributed by atoms with Crippen LogP contribution in [0.3, 0.4) is 0 Å². The van der Waals surface area contributed by atoms with E-state index >= 15 is 0 Å². The third-order valence-corrected chi connectivity index (χ3v) is 6.04. The SMILES string of the molecule is COc1ccc(C2CC(c3cccc(NS(C)(=O)=O)c3)=NN2C(=O)c2ccccc2)cc1OC. The summed E-state index contributed by atoms with van der Waals surface area (Å²) in [5.41, 5.74) is 3.18. The van der Waals surface area contributed by atoms with Crippen molar-refractivity contribution < 1.29 is 22.7 Å². The largest absolute Gasteiger partial charge is 0.493 e. The molecule has 1 amide bonds. The van der Waals surface area contributed by atoms with Crippen LogP contribution in [0.5, 0.6) is 11.5 Å². The lowest BCUT2D eigenvalue weighted by Crippen LogP contribution is -2.27. The number of methoxy groups -OCH3 is 2. The van der Waals surface area contributed by atoms with Gasteiger partial charge in [0.05, 0.1) is 32.2 Å². The number of nitrogens with one attached hydrogen (secondary N) is 1. The molecule has 1 aliphatic rings. The summed E-state index contributed by atoms with van der Waals surface area (Å²) in [4.78, 5) is 13.4. The minimum absolute atomic E-state index is 0.235. The first-order chi connectivity index (χ1) is 16.3. The number of amides is 1. The third-order valence-electron chi connectivity index (χ3n) is 5.43. The first-order valence-corrected chi connectivity index (χ1v) is 12.4. The van der Waals surface area contributed by atoms with E-state index in [1.807, 2.05) is 24.3 Å². The molecule has 1 aliphatic heterocycles. The Morgan fingerprint density at radius 1 is 0.971 bits per heavy atom. The predicted octanol–water partition coefficient (Wildman–Crippen LogP) is 4.07. The van der Waals surface area contributed by atoms with E-state index in [4.69, 9.17) is 9.47 Å². The fourth-order valence-electron chi connectivity index (χ4n) is 3.88. The van der Waals surface area contributed by atoms with Crippen molar-refractivity contribution in [2.24, 2.45) is 5.10 Å². The number of ether oxygens (including phenoxy) is 2. The number of hydrogen-bond donors (Lipinski definition) is 1. The molecule has 0 aromatic heterocycles. The highest BCUT2D eigenvalue weighted by Gasteiger charge is 2.34. The van der Waals surface area contributed by atoms with Gasteiger partial charge in [0.25, 0.3) is 5.91 Å². The van der Waals surface area contributed by atoms with Gasteiger partial charge < -0.3 is 9.47 Å². The number of carbonyl (C=O) groups excluding carboxylic acids is 1. The molecule has 9 heteroatoms. The van der Waals surface area contributed by atoms with Crippen molar-refractivity contribution in [2.75, 3.05) is 25.2 Å². The van der Waals surface area contributed by atoms with E-state index in [2.05, 4.69) is 9.82 Å². The van der Waals surface area contributed by atoms with Crippen molar-refractivity contribution in [3.63, 3.8) is 0 Å². The molecular weight excluding hydrogens is 454 g/mol. The zero-order chi connectivity index (χ0) is 24.3. The lowest BCUT2D eigenvalue weighted by molar-refractivity contribution is 0.0711. The molecule has 0 radical (unpaired) electrons. The average molecular weight is 480 g/mol. The second-order valence-corrected chi connectivity index (χ2v) is 9.60. The van der Waals surface area contributed by atoms with Gasteiger partial charge >= 0.3 is 0 Å². The van der Waals surface area contributed by atoms with Crippen LogP contribution in [0.25, 0.3) is 0 Å². The van der Waals surface area contributed by atoms with Crippen molar-refractivity contribution in [1.82, 2.24) is 5.01 Å². The highest BCUT2D eigenvalue weighted by molar-refractivity contribution is 7.92. The van der Waals surface area contributed by atoms with Crippen LogP contribution in [0.4, 0.5) is 5.69 Å². The molecule has 34 heavy (non-hydrogen) atoms. The van der Waals surface area contributed by atoms with Gasteiger partial charge in [0.1, 0.15) is 0 Å². The number of anilines is 1. The van der Waals surface area contributed by atoms with Crippen LogP contribution in [0.15, 0.2) is 77.9 Å². The van der Waals surface area contributed by atoms with Crippen molar-refractivity contribution in [3.05, 3.63) is 89.5 Å². The monoisotopic (exact) mass is 479 g/mol. The second-order valence-electron chi connectivity index (χ2n) is 7.85. The van der Waals surface area contributed by atoms with Gasteiger partial charge in [-0.05, 0) is 47.5 Å². The normalized spacial score (nSPS) is 15.6. The van der Waals surface area contributed by atoms with Gasteiger partial charge in [0, 0.05) is 17.7 Å². The molecule has 0 fully saturated rings. The maximum absolute atomic E-state index is 13.4. The first-order valence-electron chi connectivity index (χ1n) is 10.6. The molecule has 1 unspecified atom stereocenters. The molecule has 8 nitrogen and oxygen atoms in total. The maximum Gasteiger partial charge on any atom is 0.274 e. The zero-order valence-corrected chi connectivity index (χ0v) is 19.9. The van der Waals surface area contributed by atoms with Crippen LogP contribution in [0, 0.1) is 0 Å². The van der Waals surface area contributed by atoms with Crippen molar-refractivity contribution in [2.45, 2.75) is 12.5 Å². The Kier molecular flexibility index (Phi) is 6.56. The van der Waals surface area contributed by atoms with Gasteiger partial charge in [-0.2, -0.15) is 5.10 Å². The number of sulfonamides is 1. The lowest BCUT2D eigenvalue weighted by atomic mass is 9.97. The molecule has 0 saturated heterocycles. The van der Waals surface area contributed by atoms with Gasteiger partial charge in [-0.1, -0.05) is 36.4 Å². The van der Waals surface area contributed by atoms with Crippen LogP contribution in [0.1, 0.15) is 33.9 Å². The Morgan fingerprint density at radius 2 is 1.71 bits per heavy atom. The van der Waals surface area contributed by atoms with E-state index < -0.39 is 10.0 Å². The molecule has 1 atom stereocenters. The molecule has 3 aromatic carbocycles. The number of hydrogen-bond acceptors (Lipinski definition) is 6. The lowest BCUT2D eigenvalue weighted by Gasteiger charge is -2.23. The molecular formula is C25H25N3O5S. The Balaban J connectivity index is 1.74. The van der Waals surface area contributed by atoms with E-state index in [0.29, 0.717) is 34.9 Å². The van der Waals surface area contributed by atoms with Gasteiger partial charge in [-0.3, -0.25) is 9.52 Å². The van der Waals surface area contributed by atoms with Crippen LogP contribution in [-0.4, -0.2) is 45.5 Å². The van der Waals surface area contributed by atoms with Crippen molar-refractivity contribution in [3.8, 4) is 11.5 Å². The first kappa shape index (κ1) is 23.3. The van der Waals surface area contributed by atoms with E-state index in [9.17, 15) is 13.2 Å². The molecule has 0 aliphatic carbocycles. The van der Waals surface area contributed by atoms with E-state index in [0.717, 1.165) is 17.4 Å². The quantitative estimate of drug-likeness (QED) is 0.551. The fourth-order valence-corrected chi connectivity index (χ4v) is 4.44. The summed E-state index contributed by atoms with van der Waals surface area (Å²) in [6.07, 6.45) is 1.54. The van der Waals surface area contributed by atoms with Crippen molar-refractivity contribution in [1.29, 1.82) is 0 Å². The van der Waals surface area contributed by atoms with Crippen LogP contribution < -0.4 is 14.2 Å². The minimum atomic E-state index is -3.43. The molecule has 0 bridgehead atoms. The highest BCUT2D eigenvalue weighted by Crippen LogP contribution is 2.38. The number of hydrazone groups is 1. The molecule has 0 spiro atoms. The number of benzene rings is 3. The summed E-state index contributed by atoms with van der Waals surface area (Å²) in [5, 5.41) is 6.15. The van der Waals surface area contributed by atoms with Gasteiger partial charge in [-0.15, -0.1) is 0 Å². The summed E-state index contributed by atoms with van der Waals surface area (Å²) in [5.74, 6) is 0.909. The summed E-state index contributed by atoms with van der Waals surface area (Å²) in [6, 6.07) is 21.1. The Labute approximate surface area is 198 Å². The molecule has 176 valence electrons. The minimum Gasteiger partial charge on any atom is -0.493 e. The molecule has 0 saturated carbocycles. The smallest absolute Gasteiger partial charge is 0.274 e.